The van der Waals surface area contributed by atoms with E-state index in [9.17, 15) is 39.5 Å². The molecule has 0 atom stereocenters. The van der Waals surface area contributed by atoms with Gasteiger partial charge in [0.1, 0.15) is 38.8 Å². The molecule has 0 radical (unpaired) electrons. The standard InChI is InChI=1S/C19H14F3N7.C12H15BF3NO2.C6H3BrF3N/c1-11(2)28-10-25-17(12-5-4-6-14(26-12)19(20,21)22)18(28)13-7-8-15-24-9-16(23-3)29(15)27-13;1-10(2)11(3,4)19-13(18-10)9-7-5-6-8(17-9)12(14,15)16;7-5-3-1-2-4(11-5)6(8,9)10/h4-11H,1-2H3;5-7H,1-4H3;1-3H. The summed E-state index contributed by atoms with van der Waals surface area (Å²) in [6.45, 7) is 18.4. The van der Waals surface area contributed by atoms with Gasteiger partial charge in [-0.2, -0.15) is 39.5 Å². The van der Waals surface area contributed by atoms with Gasteiger partial charge in [0.15, 0.2) is 0 Å². The fourth-order valence-electron chi connectivity index (χ4n) is 5.25. The summed E-state index contributed by atoms with van der Waals surface area (Å²) in [5.41, 5.74) is -2.07. The average Bonchev–Trinajstić information content (AvgIpc) is 3.84. The van der Waals surface area contributed by atoms with Gasteiger partial charge in [-0.1, -0.05) is 29.9 Å². The number of nitrogens with zero attached hydrogens (tertiary/aromatic N) is 9. The first-order chi connectivity index (χ1) is 27.3. The maximum atomic E-state index is 13.1. The quantitative estimate of drug-likeness (QED) is 0.0745. The Morgan fingerprint density at radius 2 is 1.25 bits per heavy atom. The van der Waals surface area contributed by atoms with E-state index < -0.39 is 53.9 Å². The van der Waals surface area contributed by atoms with Crippen molar-refractivity contribution in [3.05, 3.63) is 112 Å². The second kappa shape index (κ2) is 16.7. The van der Waals surface area contributed by atoms with Crippen LogP contribution >= 0.6 is 15.9 Å². The predicted octanol–water partition coefficient (Wildman–Crippen LogP) is 10.1. The van der Waals surface area contributed by atoms with Gasteiger partial charge in [0.25, 0.3) is 5.82 Å². The third-order valence-corrected chi connectivity index (χ3v) is 9.34. The lowest BCUT2D eigenvalue weighted by molar-refractivity contribution is -0.142. The molecule has 0 spiro atoms. The fourth-order valence-corrected chi connectivity index (χ4v) is 5.60. The molecule has 7 rings (SSSR count). The average molecular weight is 896 g/mol. The van der Waals surface area contributed by atoms with Crippen LogP contribution in [0.2, 0.25) is 0 Å². The Morgan fingerprint density at radius 1 is 0.712 bits per heavy atom. The van der Waals surface area contributed by atoms with Crippen LogP contribution in [0, 0.1) is 6.57 Å². The molecule has 1 saturated heterocycles. The zero-order valence-corrected chi connectivity index (χ0v) is 33.4. The topological polar surface area (TPSA) is 109 Å². The van der Waals surface area contributed by atoms with Crippen LogP contribution in [0.3, 0.4) is 0 Å². The third-order valence-electron chi connectivity index (χ3n) is 8.90. The van der Waals surface area contributed by atoms with Crippen LogP contribution in [0.5, 0.6) is 0 Å². The number of halogens is 10. The summed E-state index contributed by atoms with van der Waals surface area (Å²) in [6.07, 6.45) is -10.4. The van der Waals surface area contributed by atoms with Gasteiger partial charge in [-0.25, -0.2) is 19.9 Å². The van der Waals surface area contributed by atoms with E-state index in [1.807, 2.05) is 41.5 Å². The molecule has 11 nitrogen and oxygen atoms in total. The summed E-state index contributed by atoms with van der Waals surface area (Å²) < 4.78 is 128. The number of rotatable bonds is 4. The molecule has 6 aromatic rings. The molecule has 310 valence electrons. The van der Waals surface area contributed by atoms with Crippen LogP contribution in [0.15, 0.2) is 83.9 Å². The first kappa shape index (κ1) is 44.7. The number of aromatic nitrogens is 8. The van der Waals surface area contributed by atoms with E-state index >= 15 is 0 Å². The lowest BCUT2D eigenvalue weighted by Crippen LogP contribution is -2.41. The zero-order chi connectivity index (χ0) is 43.7. The number of fused-ring (bicyclic) bond motifs is 1. The maximum absolute atomic E-state index is 13.1. The van der Waals surface area contributed by atoms with Gasteiger partial charge < -0.3 is 18.7 Å². The summed E-state index contributed by atoms with van der Waals surface area (Å²) in [7, 11) is -0.882. The maximum Gasteiger partial charge on any atom is 0.514 e. The summed E-state index contributed by atoms with van der Waals surface area (Å²) in [6, 6.07) is 14.4. The summed E-state index contributed by atoms with van der Waals surface area (Å²) in [4.78, 5) is 22.4. The molecular formula is C37H32BBrF9N9O2. The second-order valence-electron chi connectivity index (χ2n) is 13.9. The van der Waals surface area contributed by atoms with Crippen LogP contribution in [0.25, 0.3) is 33.3 Å². The molecule has 7 heterocycles. The summed E-state index contributed by atoms with van der Waals surface area (Å²) in [5, 5.41) is 4.48. The van der Waals surface area contributed by atoms with Crippen molar-refractivity contribution < 1.29 is 48.8 Å². The molecule has 0 amide bonds. The smallest absolute Gasteiger partial charge is 0.398 e. The Morgan fingerprint density at radius 3 is 1.78 bits per heavy atom. The largest absolute Gasteiger partial charge is 0.514 e. The SMILES string of the molecule is CC1(C)OB(c2cccc(C(F)(F)F)n2)OC1(C)C.FC(F)(F)c1cccc(Br)n1.[C-]#[N+]c1cnc2ccc(-c3c(-c4cccc(C(F)(F)F)n4)ncn3C(C)C)nn12. The van der Waals surface area contributed by atoms with Gasteiger partial charge in [0, 0.05) is 12.1 Å². The molecule has 59 heavy (non-hydrogen) atoms. The van der Waals surface area contributed by atoms with Crippen molar-refractivity contribution in [2.75, 3.05) is 0 Å². The molecule has 1 aliphatic heterocycles. The molecular weight excluding hydrogens is 864 g/mol. The van der Waals surface area contributed by atoms with Crippen molar-refractivity contribution in [1.82, 2.24) is 39.1 Å². The Kier molecular flexibility index (Phi) is 12.6. The normalized spacial score (nSPS) is 15.0. The monoisotopic (exact) mass is 895 g/mol. The van der Waals surface area contributed by atoms with Crippen LogP contribution in [0.4, 0.5) is 45.3 Å². The predicted molar refractivity (Wildman–Crippen MR) is 201 cm³/mol. The highest BCUT2D eigenvalue weighted by molar-refractivity contribution is 9.10. The molecule has 22 heteroatoms. The van der Waals surface area contributed by atoms with Crippen LogP contribution in [-0.4, -0.2) is 57.4 Å². The second-order valence-corrected chi connectivity index (χ2v) is 14.8. The highest BCUT2D eigenvalue weighted by atomic mass is 79.9. The van der Waals surface area contributed by atoms with Crippen molar-refractivity contribution >= 4 is 40.1 Å². The molecule has 0 aliphatic carbocycles. The zero-order valence-electron chi connectivity index (χ0n) is 31.8. The Balaban J connectivity index is 0.000000189. The van der Waals surface area contributed by atoms with E-state index in [4.69, 9.17) is 15.9 Å². The van der Waals surface area contributed by atoms with Crippen molar-refractivity contribution in [2.45, 2.75) is 77.3 Å². The molecule has 1 aliphatic rings. The minimum atomic E-state index is -4.56. The van der Waals surface area contributed by atoms with E-state index in [0.29, 0.717) is 17.0 Å². The van der Waals surface area contributed by atoms with Crippen molar-refractivity contribution in [3.63, 3.8) is 0 Å². The first-order valence-corrected chi connectivity index (χ1v) is 18.1. The molecule has 0 unspecified atom stereocenters. The molecule has 1 fully saturated rings. The molecule has 0 aromatic carbocycles. The highest BCUT2D eigenvalue weighted by Gasteiger charge is 2.52. The molecule has 0 bridgehead atoms. The Hall–Kier alpha value is -5.40. The van der Waals surface area contributed by atoms with Gasteiger partial charge in [0.2, 0.25) is 5.65 Å². The van der Waals surface area contributed by atoms with Gasteiger partial charge in [0.05, 0.1) is 35.0 Å². The van der Waals surface area contributed by atoms with E-state index in [2.05, 4.69) is 50.8 Å². The lowest BCUT2D eigenvalue weighted by Gasteiger charge is -2.32. The van der Waals surface area contributed by atoms with Crippen LogP contribution in [0.1, 0.15) is 64.7 Å². The molecule has 0 saturated carbocycles. The molecule has 6 aromatic heterocycles. The lowest BCUT2D eigenvalue weighted by atomic mass is 9.84. The van der Waals surface area contributed by atoms with Gasteiger partial charge in [-0.05, 0) is 99.9 Å². The Labute approximate surface area is 339 Å². The summed E-state index contributed by atoms with van der Waals surface area (Å²) >= 11 is 2.84. The van der Waals surface area contributed by atoms with Crippen LogP contribution < -0.4 is 5.59 Å². The van der Waals surface area contributed by atoms with Crippen molar-refractivity contribution in [3.8, 4) is 22.8 Å². The first-order valence-electron chi connectivity index (χ1n) is 17.3. The van der Waals surface area contributed by atoms with Gasteiger partial charge in [-0.15, -0.1) is 4.52 Å². The van der Waals surface area contributed by atoms with E-state index in [1.165, 1.54) is 47.1 Å². The van der Waals surface area contributed by atoms with E-state index in [1.54, 1.807) is 23.0 Å². The van der Waals surface area contributed by atoms with E-state index in [0.717, 1.165) is 18.2 Å². The molecule has 0 N–H and O–H groups in total. The van der Waals surface area contributed by atoms with Gasteiger partial charge in [-0.3, -0.25) is 4.98 Å². The minimum Gasteiger partial charge on any atom is -0.398 e. The van der Waals surface area contributed by atoms with Crippen molar-refractivity contribution in [1.29, 1.82) is 0 Å². The van der Waals surface area contributed by atoms with Crippen LogP contribution in [-0.2, 0) is 27.8 Å². The minimum absolute atomic E-state index is 0.0299. The Bertz CT molecular complexity index is 2460. The third kappa shape index (κ3) is 10.3. The number of hydrogen-bond donors (Lipinski definition) is 0. The van der Waals surface area contributed by atoms with Gasteiger partial charge >= 0.3 is 25.6 Å². The highest BCUT2D eigenvalue weighted by Crippen LogP contribution is 2.37. The fraction of sp³-hybridized carbons (Fsp3) is 0.324. The number of hydrogen-bond acceptors (Lipinski definition) is 8. The number of pyridine rings is 3. The van der Waals surface area contributed by atoms with E-state index in [-0.39, 0.29) is 33.4 Å². The van der Waals surface area contributed by atoms with Crippen molar-refractivity contribution in [2.24, 2.45) is 0 Å². The number of alkyl halides is 9. The summed E-state index contributed by atoms with van der Waals surface area (Å²) in [5.74, 6) is 0.233. The number of imidazole rings is 2.